The van der Waals surface area contributed by atoms with Gasteiger partial charge in [-0.2, -0.15) is 0 Å². The second kappa shape index (κ2) is 5.78. The summed E-state index contributed by atoms with van der Waals surface area (Å²) in [5.41, 5.74) is 1.39. The van der Waals surface area contributed by atoms with E-state index in [4.69, 9.17) is 4.74 Å². The number of carbonyl (C=O) groups excluding carboxylic acids is 2. The van der Waals surface area contributed by atoms with Gasteiger partial charge in [-0.3, -0.25) is 9.59 Å². The molecule has 1 aliphatic carbocycles. The predicted molar refractivity (Wildman–Crippen MR) is 91.1 cm³/mol. The molecule has 1 aromatic carbocycles. The van der Waals surface area contributed by atoms with Crippen LogP contribution in [0.25, 0.3) is 0 Å². The highest BCUT2D eigenvalue weighted by Gasteiger charge is 2.39. The third kappa shape index (κ3) is 2.80. The highest BCUT2D eigenvalue weighted by Crippen LogP contribution is 2.37. The molecule has 0 unspecified atom stereocenters. The third-order valence-electron chi connectivity index (χ3n) is 4.32. The molecule has 124 valence electrons. The first-order chi connectivity index (χ1) is 11.3. The lowest BCUT2D eigenvalue weighted by molar-refractivity contribution is 0.0395. The van der Waals surface area contributed by atoms with E-state index < -0.39 is 5.60 Å². The first-order valence-corrected chi connectivity index (χ1v) is 7.99. The molecule has 1 atom stereocenters. The van der Waals surface area contributed by atoms with Crippen molar-refractivity contribution in [3.63, 3.8) is 0 Å². The molecule has 4 nitrogen and oxygen atoms in total. The summed E-state index contributed by atoms with van der Waals surface area (Å²) < 4.78 is 5.95. The Kier molecular flexibility index (Phi) is 3.91. The summed E-state index contributed by atoms with van der Waals surface area (Å²) in [6.07, 6.45) is 7.19. The Morgan fingerprint density at radius 3 is 2.67 bits per heavy atom. The van der Waals surface area contributed by atoms with Crippen LogP contribution in [0, 0.1) is 0 Å². The van der Waals surface area contributed by atoms with Crippen LogP contribution in [-0.2, 0) is 4.74 Å². The number of fused-ring (bicyclic) bond motifs is 1. The van der Waals surface area contributed by atoms with E-state index in [0.29, 0.717) is 12.0 Å². The number of hydrogen-bond acceptors (Lipinski definition) is 4. The number of phenolic OH excluding ortho intramolecular Hbond substituents is 1. The van der Waals surface area contributed by atoms with Crippen LogP contribution in [0.4, 0.5) is 0 Å². The summed E-state index contributed by atoms with van der Waals surface area (Å²) >= 11 is 0. The number of carbonyl (C=O) groups is 2. The number of ether oxygens (including phenoxy) is 1. The monoisotopic (exact) mass is 324 g/mol. The Morgan fingerprint density at radius 2 is 1.96 bits per heavy atom. The fraction of sp³-hybridized carbons (Fsp3) is 0.300. The second-order valence-electron chi connectivity index (χ2n) is 6.70. The predicted octanol–water partition coefficient (Wildman–Crippen LogP) is 4.12. The molecule has 0 saturated heterocycles. The van der Waals surface area contributed by atoms with E-state index in [1.807, 2.05) is 26.8 Å². The zero-order valence-corrected chi connectivity index (χ0v) is 14.1. The Bertz CT molecular complexity index is 822. The van der Waals surface area contributed by atoms with Crippen molar-refractivity contribution in [3.8, 4) is 5.75 Å². The number of rotatable bonds is 3. The Balaban J connectivity index is 1.92. The summed E-state index contributed by atoms with van der Waals surface area (Å²) in [5.74, 6) is -0.563. The summed E-state index contributed by atoms with van der Waals surface area (Å²) in [5, 5.41) is 9.62. The topological polar surface area (TPSA) is 63.6 Å². The summed E-state index contributed by atoms with van der Waals surface area (Å²) in [6.45, 7) is 5.97. The lowest BCUT2D eigenvalue weighted by atomic mass is 9.84. The van der Waals surface area contributed by atoms with Crippen molar-refractivity contribution in [2.45, 2.75) is 39.2 Å². The van der Waals surface area contributed by atoms with Crippen molar-refractivity contribution in [1.29, 1.82) is 0 Å². The average molecular weight is 324 g/mol. The van der Waals surface area contributed by atoms with Crippen LogP contribution in [0.2, 0.25) is 0 Å². The van der Waals surface area contributed by atoms with Crippen molar-refractivity contribution in [2.75, 3.05) is 0 Å². The van der Waals surface area contributed by atoms with E-state index in [0.717, 1.165) is 6.42 Å². The van der Waals surface area contributed by atoms with E-state index in [1.54, 1.807) is 6.08 Å². The molecule has 3 rings (SSSR count). The van der Waals surface area contributed by atoms with Gasteiger partial charge < -0.3 is 9.84 Å². The lowest BCUT2D eigenvalue weighted by Gasteiger charge is -2.34. The van der Waals surface area contributed by atoms with Crippen LogP contribution < -0.4 is 0 Å². The number of hydrogen-bond donors (Lipinski definition) is 1. The summed E-state index contributed by atoms with van der Waals surface area (Å²) in [7, 11) is 0. The van der Waals surface area contributed by atoms with Gasteiger partial charge in [-0.05, 0) is 64.0 Å². The molecule has 1 aromatic rings. The normalized spacial score (nSPS) is 22.0. The molecule has 1 N–H and O–H groups in total. The van der Waals surface area contributed by atoms with Crippen LogP contribution in [-0.4, -0.2) is 22.3 Å². The summed E-state index contributed by atoms with van der Waals surface area (Å²) in [4.78, 5) is 25.3. The molecule has 0 radical (unpaired) electrons. The SMILES string of the molecule is CC(C)=CCC[C@@]1(C)C=CC2=C(O1)C(=O)c1cc(O)ccc1C2=O. The molecular weight excluding hydrogens is 304 g/mol. The zero-order valence-electron chi connectivity index (χ0n) is 14.1. The van der Waals surface area contributed by atoms with Gasteiger partial charge in [-0.1, -0.05) is 11.6 Å². The van der Waals surface area contributed by atoms with E-state index in [2.05, 4.69) is 6.08 Å². The number of allylic oxidation sites excluding steroid dienone is 5. The molecule has 4 heteroatoms. The van der Waals surface area contributed by atoms with Crippen molar-refractivity contribution in [3.05, 3.63) is 64.5 Å². The van der Waals surface area contributed by atoms with Crippen LogP contribution in [0.3, 0.4) is 0 Å². The molecule has 0 aromatic heterocycles. The minimum atomic E-state index is -0.630. The lowest BCUT2D eigenvalue weighted by Crippen LogP contribution is -2.34. The largest absolute Gasteiger partial charge is 0.508 e. The van der Waals surface area contributed by atoms with E-state index in [9.17, 15) is 14.7 Å². The highest BCUT2D eigenvalue weighted by molar-refractivity contribution is 6.27. The molecule has 1 heterocycles. The maximum atomic E-state index is 12.7. The maximum absolute atomic E-state index is 12.7. The molecule has 0 spiro atoms. The van der Waals surface area contributed by atoms with Gasteiger partial charge in [0.25, 0.3) is 0 Å². The van der Waals surface area contributed by atoms with Crippen LogP contribution in [0.15, 0.2) is 53.3 Å². The van der Waals surface area contributed by atoms with Crippen LogP contribution in [0.1, 0.15) is 54.3 Å². The number of Topliss-reactive ketones (excluding diaryl/α,β-unsaturated/α-hetero) is 2. The minimum absolute atomic E-state index is 0.0448. The minimum Gasteiger partial charge on any atom is -0.508 e. The number of phenols is 1. The van der Waals surface area contributed by atoms with Crippen LogP contribution in [0.5, 0.6) is 5.75 Å². The fourth-order valence-electron chi connectivity index (χ4n) is 2.97. The number of aromatic hydroxyl groups is 1. The third-order valence-corrected chi connectivity index (χ3v) is 4.32. The van der Waals surface area contributed by atoms with Gasteiger partial charge in [0.1, 0.15) is 11.4 Å². The molecule has 0 fully saturated rings. The van der Waals surface area contributed by atoms with Gasteiger partial charge in [0, 0.05) is 11.1 Å². The second-order valence-corrected chi connectivity index (χ2v) is 6.70. The maximum Gasteiger partial charge on any atom is 0.229 e. The van der Waals surface area contributed by atoms with Crippen molar-refractivity contribution >= 4 is 11.6 Å². The van der Waals surface area contributed by atoms with Crippen molar-refractivity contribution < 1.29 is 19.4 Å². The quantitative estimate of drug-likeness (QED) is 0.850. The van der Waals surface area contributed by atoms with Crippen molar-refractivity contribution in [1.82, 2.24) is 0 Å². The van der Waals surface area contributed by atoms with Gasteiger partial charge in [-0.25, -0.2) is 0 Å². The first kappa shape index (κ1) is 16.2. The Hall–Kier alpha value is -2.62. The van der Waals surface area contributed by atoms with E-state index in [1.165, 1.54) is 23.8 Å². The average Bonchev–Trinajstić information content (AvgIpc) is 2.52. The fourth-order valence-corrected chi connectivity index (χ4v) is 2.97. The molecule has 0 bridgehead atoms. The molecule has 2 aliphatic rings. The standard InChI is InChI=1S/C20H20O4/c1-12(2)5-4-9-20(3)10-8-15-17(22)14-7-6-13(21)11-16(14)18(23)19(15)24-20/h5-8,10-11,21H,4,9H2,1-3H3/t20-/m0/s1. The van der Waals surface area contributed by atoms with Gasteiger partial charge >= 0.3 is 0 Å². The molecular formula is C20H20O4. The smallest absolute Gasteiger partial charge is 0.229 e. The van der Waals surface area contributed by atoms with Gasteiger partial charge in [-0.15, -0.1) is 0 Å². The van der Waals surface area contributed by atoms with Crippen LogP contribution >= 0.6 is 0 Å². The first-order valence-electron chi connectivity index (χ1n) is 7.99. The van der Waals surface area contributed by atoms with Gasteiger partial charge in [0.2, 0.25) is 5.78 Å². The Labute approximate surface area is 141 Å². The van der Waals surface area contributed by atoms with Gasteiger partial charge in [0.05, 0.1) is 5.57 Å². The van der Waals surface area contributed by atoms with Gasteiger partial charge in [0.15, 0.2) is 11.5 Å². The summed E-state index contributed by atoms with van der Waals surface area (Å²) in [6, 6.07) is 4.21. The molecule has 0 amide bonds. The molecule has 24 heavy (non-hydrogen) atoms. The van der Waals surface area contributed by atoms with E-state index >= 15 is 0 Å². The molecule has 0 saturated carbocycles. The molecule has 1 aliphatic heterocycles. The van der Waals surface area contributed by atoms with Crippen molar-refractivity contribution in [2.24, 2.45) is 0 Å². The number of ketones is 2. The highest BCUT2D eigenvalue weighted by atomic mass is 16.5. The van der Waals surface area contributed by atoms with E-state index in [-0.39, 0.29) is 34.2 Å². The Morgan fingerprint density at radius 1 is 1.21 bits per heavy atom. The number of benzene rings is 1. The zero-order chi connectivity index (χ0) is 17.5.